The zero-order chi connectivity index (χ0) is 27.0. The van der Waals surface area contributed by atoms with Crippen molar-refractivity contribution in [3.8, 4) is 11.4 Å². The predicted molar refractivity (Wildman–Crippen MR) is 133 cm³/mol. The second-order valence-electron chi connectivity index (χ2n) is 9.79. The zero-order valence-corrected chi connectivity index (χ0v) is 22.6. The molecule has 1 saturated heterocycles. The standard InChI is InChI=1S/C25H28AsF3N5O3/c1-24(2,3)37-23(36)33-14-8-11-18(21(33)16-9-6-5-7-10-16)26(4)19-15-17(12-13-20(19)35)34-22(25(27,28)29)30-31-32-34/h5-7,9-10,12-13,15,18,21,35H,4,8,11,14H2,1-3H3. The Kier molecular flexibility index (Phi) is 7.46. The fourth-order valence-electron chi connectivity index (χ4n) is 4.47. The summed E-state index contributed by atoms with van der Waals surface area (Å²) in [6.07, 6.45) is -3.74. The number of carbonyl (C=O) groups is 1. The average Bonchev–Trinajstić information content (AvgIpc) is 3.34. The van der Waals surface area contributed by atoms with Crippen LogP contribution in [0, 0.1) is 0 Å². The van der Waals surface area contributed by atoms with E-state index in [2.05, 4.69) is 20.8 Å². The molecule has 1 aromatic heterocycles. The number of likely N-dealkylation sites (tertiary alicyclic amines) is 1. The number of nitrogens with zero attached hydrogens (tertiary/aromatic N) is 5. The maximum atomic E-state index is 13.4. The van der Waals surface area contributed by atoms with Crippen LogP contribution in [-0.2, 0) is 10.9 Å². The van der Waals surface area contributed by atoms with Crippen LogP contribution in [0.3, 0.4) is 0 Å². The molecule has 8 nitrogen and oxygen atoms in total. The summed E-state index contributed by atoms with van der Waals surface area (Å²) in [7, 11) is 0. The molecule has 1 aliphatic rings. The number of halogens is 3. The molecule has 0 bridgehead atoms. The number of phenols is 1. The summed E-state index contributed by atoms with van der Waals surface area (Å²) >= 11 is -2.43. The Morgan fingerprint density at radius 2 is 1.86 bits per heavy atom. The van der Waals surface area contributed by atoms with Crippen molar-refractivity contribution in [1.82, 2.24) is 25.1 Å². The Morgan fingerprint density at radius 1 is 1.16 bits per heavy atom. The molecule has 1 radical (unpaired) electrons. The van der Waals surface area contributed by atoms with Gasteiger partial charge in [-0.1, -0.05) is 0 Å². The Bertz CT molecular complexity index is 1290. The SMILES string of the molecule is C=[As](c1cc(-n2nnnc2C(F)(F)F)ccc1O)C1CCCN(C(=O)OC(C)(C)C)C1c1ccccc1. The first-order valence-corrected chi connectivity index (χ1v) is 15.0. The van der Waals surface area contributed by atoms with Crippen LogP contribution in [0.5, 0.6) is 5.75 Å². The molecule has 12 heteroatoms. The van der Waals surface area contributed by atoms with Gasteiger partial charge in [-0.2, -0.15) is 0 Å². The Morgan fingerprint density at radius 3 is 2.51 bits per heavy atom. The molecule has 1 N–H and O–H groups in total. The van der Waals surface area contributed by atoms with E-state index < -0.39 is 37.9 Å². The van der Waals surface area contributed by atoms with Gasteiger partial charge in [0.05, 0.1) is 0 Å². The summed E-state index contributed by atoms with van der Waals surface area (Å²) in [4.78, 5) is 14.9. The van der Waals surface area contributed by atoms with Gasteiger partial charge in [0.2, 0.25) is 0 Å². The van der Waals surface area contributed by atoms with Crippen LogP contribution in [0.25, 0.3) is 5.69 Å². The van der Waals surface area contributed by atoms with E-state index in [-0.39, 0.29) is 22.2 Å². The van der Waals surface area contributed by atoms with E-state index in [9.17, 15) is 23.1 Å². The molecule has 4 rings (SSSR count). The number of phenolic OH excluding ortho intramolecular Hbond substituents is 1. The number of piperidine rings is 1. The molecule has 0 aliphatic carbocycles. The molecule has 1 fully saturated rings. The summed E-state index contributed by atoms with van der Waals surface area (Å²) in [5, 5.41) is 25.0. The minimum atomic E-state index is -4.75. The number of benzene rings is 2. The first-order chi connectivity index (χ1) is 17.4. The van der Waals surface area contributed by atoms with Crippen molar-refractivity contribution in [2.75, 3.05) is 6.54 Å². The monoisotopic (exact) mass is 578 g/mol. The van der Waals surface area contributed by atoms with Gasteiger partial charge in [-0.3, -0.25) is 0 Å². The van der Waals surface area contributed by atoms with E-state index in [0.717, 1.165) is 12.0 Å². The van der Waals surface area contributed by atoms with E-state index in [1.165, 1.54) is 18.2 Å². The Labute approximate surface area is 216 Å². The van der Waals surface area contributed by atoms with Crippen LogP contribution >= 0.6 is 0 Å². The van der Waals surface area contributed by atoms with Crippen LogP contribution in [0.1, 0.15) is 51.0 Å². The molecule has 0 saturated carbocycles. The van der Waals surface area contributed by atoms with Crippen molar-refractivity contribution in [2.45, 2.75) is 56.1 Å². The number of hydrogen-bond acceptors (Lipinski definition) is 6. The number of tetrazole rings is 1. The van der Waals surface area contributed by atoms with E-state index in [1.807, 2.05) is 30.3 Å². The van der Waals surface area contributed by atoms with E-state index in [1.54, 1.807) is 25.7 Å². The van der Waals surface area contributed by atoms with Crippen LogP contribution in [0.2, 0.25) is 4.71 Å². The van der Waals surface area contributed by atoms with Crippen molar-refractivity contribution in [2.24, 2.45) is 0 Å². The summed E-state index contributed by atoms with van der Waals surface area (Å²) in [6.45, 7) is 5.92. The number of aromatic nitrogens is 4. The third kappa shape index (κ3) is 5.87. The number of hydrogen-bond donors (Lipinski definition) is 1. The molecule has 2 heterocycles. The van der Waals surface area contributed by atoms with Gasteiger partial charge in [-0.25, -0.2) is 0 Å². The first-order valence-electron chi connectivity index (χ1n) is 11.7. The maximum absolute atomic E-state index is 13.4. The number of ether oxygens (including phenoxy) is 1. The molecule has 1 aliphatic heterocycles. The van der Waals surface area contributed by atoms with Gasteiger partial charge >= 0.3 is 217 Å². The molecule has 0 spiro atoms. The summed E-state index contributed by atoms with van der Waals surface area (Å²) < 4.78 is 46.9. The summed E-state index contributed by atoms with van der Waals surface area (Å²) in [5.41, 5.74) is 0.308. The zero-order valence-electron chi connectivity index (χ0n) is 20.7. The van der Waals surface area contributed by atoms with Gasteiger partial charge < -0.3 is 0 Å². The van der Waals surface area contributed by atoms with E-state index >= 15 is 0 Å². The predicted octanol–water partition coefficient (Wildman–Crippen LogP) is 4.24. The van der Waals surface area contributed by atoms with Gasteiger partial charge in [-0.05, 0) is 0 Å². The minimum absolute atomic E-state index is 0.0541. The van der Waals surface area contributed by atoms with Crippen molar-refractivity contribution < 1.29 is 27.8 Å². The number of amides is 1. The molecule has 2 aromatic carbocycles. The average molecular weight is 578 g/mol. The van der Waals surface area contributed by atoms with Gasteiger partial charge in [-0.15, -0.1) is 0 Å². The second kappa shape index (κ2) is 10.3. The van der Waals surface area contributed by atoms with Crippen molar-refractivity contribution in [3.05, 3.63) is 59.9 Å². The Balaban J connectivity index is 1.75. The fourth-order valence-corrected chi connectivity index (χ4v) is 9.07. The third-order valence-corrected chi connectivity index (χ3v) is 10.9. The normalized spacial score (nSPS) is 19.0. The molecule has 197 valence electrons. The van der Waals surface area contributed by atoms with E-state index in [4.69, 9.17) is 4.74 Å². The van der Waals surface area contributed by atoms with Gasteiger partial charge in [0.1, 0.15) is 0 Å². The molecular formula is C25H28AsF3N5O3. The topological polar surface area (TPSA) is 93.4 Å². The van der Waals surface area contributed by atoms with Crippen LogP contribution in [-0.4, -0.2) is 68.0 Å². The first kappa shape index (κ1) is 26.8. The number of carbonyl (C=O) groups excluding carboxylic acids is 1. The molecular weight excluding hydrogens is 550 g/mol. The van der Waals surface area contributed by atoms with Gasteiger partial charge in [0.25, 0.3) is 0 Å². The Hall–Kier alpha value is -3.20. The van der Waals surface area contributed by atoms with E-state index in [0.29, 0.717) is 22.0 Å². The summed E-state index contributed by atoms with van der Waals surface area (Å²) in [5.74, 6) is -1.32. The number of aromatic hydroxyl groups is 1. The van der Waals surface area contributed by atoms with Crippen molar-refractivity contribution >= 4 is 30.0 Å². The van der Waals surface area contributed by atoms with Crippen LogP contribution < -0.4 is 4.35 Å². The summed E-state index contributed by atoms with van der Waals surface area (Å²) in [6, 6.07) is 13.3. The molecule has 37 heavy (non-hydrogen) atoms. The number of rotatable bonds is 4. The van der Waals surface area contributed by atoms with Crippen molar-refractivity contribution in [1.29, 1.82) is 0 Å². The van der Waals surface area contributed by atoms with Crippen LogP contribution in [0.15, 0.2) is 48.5 Å². The fraction of sp³-hybridized carbons (Fsp3) is 0.400. The van der Waals surface area contributed by atoms with Gasteiger partial charge in [0, 0.05) is 0 Å². The molecule has 3 unspecified atom stereocenters. The molecule has 3 aromatic rings. The van der Waals surface area contributed by atoms with Crippen LogP contribution in [0.4, 0.5) is 18.0 Å². The second-order valence-corrected chi connectivity index (χ2v) is 14.2. The quantitative estimate of drug-likeness (QED) is 0.466. The number of alkyl halides is 3. The molecule has 1 amide bonds. The third-order valence-electron chi connectivity index (χ3n) is 6.00. The van der Waals surface area contributed by atoms with Crippen molar-refractivity contribution in [3.63, 3.8) is 0 Å². The molecule has 3 atom stereocenters. The van der Waals surface area contributed by atoms with Gasteiger partial charge in [0.15, 0.2) is 0 Å².